The molecule has 2 heterocycles. The second kappa shape index (κ2) is 5.83. The van der Waals surface area contributed by atoms with Crippen molar-refractivity contribution < 1.29 is 14.7 Å². The maximum atomic E-state index is 12.8. The highest BCUT2D eigenvalue weighted by molar-refractivity contribution is 5.83. The Morgan fingerprint density at radius 2 is 1.86 bits per heavy atom. The van der Waals surface area contributed by atoms with E-state index in [4.69, 9.17) is 0 Å². The third-order valence-corrected chi connectivity index (χ3v) is 5.02. The number of amides is 2. The molecule has 0 aromatic rings. The standard InChI is InChI=1S/C15H27N3O3/c1-11-6-5-7-18(12(11)13(19)20)14(21)17-9-8-16(4)15(2,3)10-17/h11-12H,5-10H2,1-4H3,(H,19,20). The summed E-state index contributed by atoms with van der Waals surface area (Å²) in [6.07, 6.45) is 1.75. The minimum Gasteiger partial charge on any atom is -0.480 e. The van der Waals surface area contributed by atoms with Gasteiger partial charge < -0.3 is 14.9 Å². The minimum atomic E-state index is -0.885. The van der Waals surface area contributed by atoms with E-state index >= 15 is 0 Å². The third kappa shape index (κ3) is 3.15. The molecule has 0 aromatic heterocycles. The molecule has 2 rings (SSSR count). The number of likely N-dealkylation sites (N-methyl/N-ethyl adjacent to an activating group) is 1. The van der Waals surface area contributed by atoms with Gasteiger partial charge in [0.15, 0.2) is 0 Å². The van der Waals surface area contributed by atoms with Gasteiger partial charge in [0.2, 0.25) is 0 Å². The average molecular weight is 297 g/mol. The van der Waals surface area contributed by atoms with Crippen molar-refractivity contribution in [1.82, 2.24) is 14.7 Å². The lowest BCUT2D eigenvalue weighted by atomic mass is 9.91. The first-order valence-electron chi connectivity index (χ1n) is 7.73. The monoisotopic (exact) mass is 297 g/mol. The van der Waals surface area contributed by atoms with Gasteiger partial charge in [-0.05, 0) is 39.7 Å². The molecule has 0 radical (unpaired) electrons. The van der Waals surface area contributed by atoms with Crippen LogP contribution >= 0.6 is 0 Å². The Morgan fingerprint density at radius 3 is 2.43 bits per heavy atom. The van der Waals surface area contributed by atoms with Crippen LogP contribution in [-0.2, 0) is 4.79 Å². The van der Waals surface area contributed by atoms with E-state index in [2.05, 4.69) is 25.8 Å². The molecule has 0 saturated carbocycles. The van der Waals surface area contributed by atoms with Crippen LogP contribution in [0.3, 0.4) is 0 Å². The lowest BCUT2D eigenvalue weighted by Gasteiger charge is -2.48. The number of carboxylic acids is 1. The van der Waals surface area contributed by atoms with E-state index in [1.165, 1.54) is 0 Å². The van der Waals surface area contributed by atoms with Crippen LogP contribution in [0.15, 0.2) is 0 Å². The highest BCUT2D eigenvalue weighted by atomic mass is 16.4. The van der Waals surface area contributed by atoms with Gasteiger partial charge in [0.1, 0.15) is 6.04 Å². The van der Waals surface area contributed by atoms with E-state index in [1.54, 1.807) is 4.90 Å². The number of aliphatic carboxylic acids is 1. The Morgan fingerprint density at radius 1 is 1.19 bits per heavy atom. The molecule has 2 fully saturated rings. The first-order chi connectivity index (χ1) is 9.74. The molecule has 2 aliphatic heterocycles. The molecule has 2 atom stereocenters. The summed E-state index contributed by atoms with van der Waals surface area (Å²) < 4.78 is 0. The first-order valence-corrected chi connectivity index (χ1v) is 7.73. The quantitative estimate of drug-likeness (QED) is 0.793. The van der Waals surface area contributed by atoms with Crippen molar-refractivity contribution in [2.45, 2.75) is 45.2 Å². The predicted octanol–water partition coefficient (Wildman–Crippen LogP) is 1.32. The summed E-state index contributed by atoms with van der Waals surface area (Å²) in [5.41, 5.74) is -0.0754. The number of urea groups is 1. The SMILES string of the molecule is CC1CCCN(C(=O)N2CCN(C)C(C)(C)C2)C1C(=O)O. The number of rotatable bonds is 1. The molecule has 2 unspecified atom stereocenters. The van der Waals surface area contributed by atoms with E-state index in [1.807, 2.05) is 11.8 Å². The van der Waals surface area contributed by atoms with Crippen LogP contribution in [0, 0.1) is 5.92 Å². The van der Waals surface area contributed by atoms with E-state index in [0.29, 0.717) is 19.6 Å². The van der Waals surface area contributed by atoms with Crippen LogP contribution in [0.4, 0.5) is 4.79 Å². The Kier molecular flexibility index (Phi) is 4.46. The fourth-order valence-corrected chi connectivity index (χ4v) is 3.36. The van der Waals surface area contributed by atoms with Gasteiger partial charge >= 0.3 is 12.0 Å². The summed E-state index contributed by atoms with van der Waals surface area (Å²) in [4.78, 5) is 29.9. The van der Waals surface area contributed by atoms with Gasteiger partial charge in [-0.2, -0.15) is 0 Å². The third-order valence-electron chi connectivity index (χ3n) is 5.02. The van der Waals surface area contributed by atoms with E-state index in [0.717, 1.165) is 19.4 Å². The molecule has 6 nitrogen and oxygen atoms in total. The van der Waals surface area contributed by atoms with Crippen molar-refractivity contribution in [3.8, 4) is 0 Å². The molecule has 0 aliphatic carbocycles. The maximum absolute atomic E-state index is 12.8. The van der Waals surface area contributed by atoms with Crippen molar-refractivity contribution in [3.05, 3.63) is 0 Å². The fraction of sp³-hybridized carbons (Fsp3) is 0.867. The van der Waals surface area contributed by atoms with Gasteiger partial charge in [-0.1, -0.05) is 6.92 Å². The van der Waals surface area contributed by atoms with Gasteiger partial charge in [-0.3, -0.25) is 4.90 Å². The summed E-state index contributed by atoms with van der Waals surface area (Å²) in [5.74, 6) is -0.871. The molecule has 1 N–H and O–H groups in total. The lowest BCUT2D eigenvalue weighted by Crippen LogP contribution is -2.63. The average Bonchev–Trinajstić information content (AvgIpc) is 2.40. The Balaban J connectivity index is 2.13. The van der Waals surface area contributed by atoms with E-state index in [-0.39, 0.29) is 17.5 Å². The molecule has 2 amide bonds. The van der Waals surface area contributed by atoms with Crippen LogP contribution in [0.2, 0.25) is 0 Å². The van der Waals surface area contributed by atoms with E-state index in [9.17, 15) is 14.7 Å². The second-order valence-corrected chi connectivity index (χ2v) is 7.03. The number of carboxylic acid groups (broad SMARTS) is 1. The highest BCUT2D eigenvalue weighted by Crippen LogP contribution is 2.26. The zero-order valence-corrected chi connectivity index (χ0v) is 13.5. The van der Waals surface area contributed by atoms with E-state index < -0.39 is 12.0 Å². The summed E-state index contributed by atoms with van der Waals surface area (Å²) in [6.45, 7) is 8.81. The number of carbonyl (C=O) groups is 2. The molecular formula is C15H27N3O3. The highest BCUT2D eigenvalue weighted by Gasteiger charge is 2.41. The van der Waals surface area contributed by atoms with Crippen LogP contribution in [-0.4, -0.2) is 76.6 Å². The minimum absolute atomic E-state index is 0.0145. The number of piperidine rings is 1. The molecule has 0 aromatic carbocycles. The normalized spacial score (nSPS) is 30.3. The van der Waals surface area contributed by atoms with Gasteiger partial charge in [0.05, 0.1) is 0 Å². The second-order valence-electron chi connectivity index (χ2n) is 7.03. The zero-order valence-electron chi connectivity index (χ0n) is 13.5. The molecule has 2 aliphatic rings. The van der Waals surface area contributed by atoms with Gasteiger partial charge in [0, 0.05) is 31.7 Å². The predicted molar refractivity (Wildman–Crippen MR) is 80.2 cm³/mol. The molecule has 6 heteroatoms. The number of piperazine rings is 1. The molecule has 0 spiro atoms. The Bertz CT molecular complexity index is 424. The van der Waals surface area contributed by atoms with Crippen molar-refractivity contribution in [2.24, 2.45) is 5.92 Å². The maximum Gasteiger partial charge on any atom is 0.326 e. The van der Waals surface area contributed by atoms with Gasteiger partial charge in [0.25, 0.3) is 0 Å². The first kappa shape index (κ1) is 16.1. The van der Waals surface area contributed by atoms with Crippen molar-refractivity contribution in [1.29, 1.82) is 0 Å². The number of hydrogen-bond acceptors (Lipinski definition) is 3. The van der Waals surface area contributed by atoms with Gasteiger partial charge in [-0.25, -0.2) is 9.59 Å². The molecule has 120 valence electrons. The molecule has 2 saturated heterocycles. The van der Waals surface area contributed by atoms with Crippen LogP contribution in [0.5, 0.6) is 0 Å². The fourth-order valence-electron chi connectivity index (χ4n) is 3.36. The summed E-state index contributed by atoms with van der Waals surface area (Å²) in [7, 11) is 2.06. The lowest BCUT2D eigenvalue weighted by molar-refractivity contribution is -0.145. The van der Waals surface area contributed by atoms with Crippen LogP contribution in [0.1, 0.15) is 33.6 Å². The number of hydrogen-bond donors (Lipinski definition) is 1. The summed E-state index contributed by atoms with van der Waals surface area (Å²) in [5, 5.41) is 9.45. The molecular weight excluding hydrogens is 270 g/mol. The van der Waals surface area contributed by atoms with Crippen molar-refractivity contribution in [2.75, 3.05) is 33.2 Å². The van der Waals surface area contributed by atoms with Crippen LogP contribution in [0.25, 0.3) is 0 Å². The molecule has 0 bridgehead atoms. The molecule has 21 heavy (non-hydrogen) atoms. The number of nitrogens with zero attached hydrogens (tertiary/aromatic N) is 3. The summed E-state index contributed by atoms with van der Waals surface area (Å²) >= 11 is 0. The summed E-state index contributed by atoms with van der Waals surface area (Å²) in [6, 6.07) is -0.802. The zero-order chi connectivity index (χ0) is 15.8. The van der Waals surface area contributed by atoms with Crippen molar-refractivity contribution >= 4 is 12.0 Å². The topological polar surface area (TPSA) is 64.1 Å². The smallest absolute Gasteiger partial charge is 0.326 e. The van der Waals surface area contributed by atoms with Crippen molar-refractivity contribution in [3.63, 3.8) is 0 Å². The largest absolute Gasteiger partial charge is 0.480 e. The van der Waals surface area contributed by atoms with Crippen LogP contribution < -0.4 is 0 Å². The Labute approximate surface area is 126 Å². The Hall–Kier alpha value is -1.30. The van der Waals surface area contributed by atoms with Gasteiger partial charge in [-0.15, -0.1) is 0 Å². The number of likely N-dealkylation sites (tertiary alicyclic amines) is 1. The number of carbonyl (C=O) groups excluding carboxylic acids is 1.